The summed E-state index contributed by atoms with van der Waals surface area (Å²) >= 11 is 4.79. The van der Waals surface area contributed by atoms with E-state index >= 15 is 0 Å². The number of amides is 3. The third-order valence-electron chi connectivity index (χ3n) is 9.74. The lowest BCUT2D eigenvalue weighted by Crippen LogP contribution is -3.00. The van der Waals surface area contributed by atoms with Crippen LogP contribution in [-0.4, -0.2) is 53.2 Å². The van der Waals surface area contributed by atoms with Crippen molar-refractivity contribution < 1.29 is 35.3 Å². The van der Waals surface area contributed by atoms with E-state index in [0.29, 0.717) is 35.0 Å². The average Bonchev–Trinajstić information content (AvgIpc) is 3.83. The summed E-state index contributed by atoms with van der Waals surface area (Å²) in [6.07, 6.45) is 11.5. The lowest BCUT2D eigenvalue weighted by molar-refractivity contribution is -0.699. The van der Waals surface area contributed by atoms with Gasteiger partial charge in [-0.25, -0.2) is 13.6 Å². The minimum atomic E-state index is -2.94. The van der Waals surface area contributed by atoms with E-state index in [9.17, 15) is 23.2 Å². The molecule has 5 heterocycles. The number of urea groups is 1. The van der Waals surface area contributed by atoms with E-state index in [2.05, 4.69) is 38.9 Å². The third kappa shape index (κ3) is 9.34. The van der Waals surface area contributed by atoms with Gasteiger partial charge in [0, 0.05) is 79.6 Å². The number of alkyl halides is 2. The normalized spacial score (nSPS) is 20.7. The summed E-state index contributed by atoms with van der Waals surface area (Å²) < 4.78 is 33.5. The van der Waals surface area contributed by atoms with Gasteiger partial charge < -0.3 is 33.3 Å². The van der Waals surface area contributed by atoms with Crippen molar-refractivity contribution in [2.45, 2.75) is 106 Å². The number of fused-ring (bicyclic) bond motifs is 2. The molecule has 3 N–H and O–H groups in total. The number of nitrogens with one attached hydrogen (secondary N) is 3. The third-order valence-corrected chi connectivity index (χ3v) is 13.7. The van der Waals surface area contributed by atoms with Crippen LogP contribution in [0.25, 0.3) is 11.1 Å². The van der Waals surface area contributed by atoms with Crippen molar-refractivity contribution in [1.82, 2.24) is 20.5 Å². The fraction of sp³-hybridized carbons (Fsp3) is 0.514. The Balaban J connectivity index is 0.00000523. The number of carbonyl (C=O) groups is 2. The van der Waals surface area contributed by atoms with Gasteiger partial charge in [-0.3, -0.25) is 14.2 Å². The van der Waals surface area contributed by atoms with E-state index in [1.807, 2.05) is 42.8 Å². The molecule has 3 aliphatic heterocycles. The molecule has 15 heteroatoms. The summed E-state index contributed by atoms with van der Waals surface area (Å²) in [6.45, 7) is 4.90. The number of anilines is 1. The smallest absolute Gasteiger partial charge is 0.315 e. The highest BCUT2D eigenvalue weighted by Gasteiger charge is 2.42. The lowest BCUT2D eigenvalue weighted by atomic mass is 10.0. The zero-order chi connectivity index (χ0) is 36.1. The number of hydrogen-bond donors (Lipinski definition) is 3. The number of hydrogen-bond acceptors (Lipinski definition) is 7. The van der Waals surface area contributed by atoms with E-state index in [1.54, 1.807) is 10.6 Å². The zero-order valence-corrected chi connectivity index (χ0v) is 33.0. The maximum Gasteiger partial charge on any atom is 0.315 e. The Morgan fingerprint density at radius 1 is 1.10 bits per heavy atom. The second-order valence-electron chi connectivity index (χ2n) is 13.5. The van der Waals surface area contributed by atoms with Crippen molar-refractivity contribution in [3.8, 4) is 0 Å². The number of benzene rings is 1. The molecule has 0 aliphatic carbocycles. The number of rotatable bonds is 15. The van der Waals surface area contributed by atoms with Crippen molar-refractivity contribution in [2.24, 2.45) is 0 Å². The van der Waals surface area contributed by atoms with Crippen LogP contribution in [0.15, 0.2) is 52.3 Å². The number of aromatic nitrogens is 2. The number of pyridine rings is 1. The number of unbranched alkanes of at least 4 members (excludes halogenated alkanes) is 4. The number of carbonyl (C=O) groups excluding carboxylic acids is 2. The summed E-state index contributed by atoms with van der Waals surface area (Å²) in [6, 6.07) is 11.2. The van der Waals surface area contributed by atoms with Gasteiger partial charge in [-0.1, -0.05) is 30.7 Å². The maximum atomic E-state index is 14.0. The standard InChI is InChI=1S/C37H46F2N6O3S3.ClH/c1-4-45-31(51-33(34(45)47)35-43(3)27-21-24(37(2,38)39)16-17-28(27)50-35)22-25-13-9-12-20-44(25)19-11-6-5-10-18-40-30(46)15-8-7-14-29-32-26(23-49-29)41-36(48)42-32;/h9,12-13,16-17,20-22,26,29,32H,4-8,10-11,14-15,18-19,23H2,1-3H3,(H2-,40,41,42,46,48);1H/b35-33+;/t26-,29-,32-;/m0./s1. The van der Waals surface area contributed by atoms with Gasteiger partial charge in [-0.05, 0) is 50.8 Å². The first-order valence-electron chi connectivity index (χ1n) is 17.9. The van der Waals surface area contributed by atoms with Crippen LogP contribution in [0.5, 0.6) is 0 Å². The van der Waals surface area contributed by atoms with E-state index < -0.39 is 5.92 Å². The molecule has 0 spiro atoms. The Labute approximate surface area is 322 Å². The SMILES string of the molecule is CCn1c(=O)/c(=C2\Sc3ccc(C(C)(F)F)cc3N2C)s/c1=C\c1cccc[n+]1CCCCCCNC(=O)CCCC[C@@H]1SC[C@@H]2NC(=O)N[C@@H]21.[Cl-]. The summed E-state index contributed by atoms with van der Waals surface area (Å²) in [7, 11) is 1.83. The summed E-state index contributed by atoms with van der Waals surface area (Å²) in [5.41, 5.74) is 1.57. The average molecular weight is 793 g/mol. The molecule has 6 rings (SSSR count). The monoisotopic (exact) mass is 792 g/mol. The Bertz CT molecular complexity index is 1930. The van der Waals surface area contributed by atoms with Crippen LogP contribution in [-0.2, 0) is 23.8 Å². The van der Waals surface area contributed by atoms with Crippen LogP contribution in [0.3, 0.4) is 0 Å². The van der Waals surface area contributed by atoms with Gasteiger partial charge in [0.15, 0.2) is 6.20 Å². The van der Waals surface area contributed by atoms with Gasteiger partial charge in [0.05, 0.1) is 17.8 Å². The molecule has 2 saturated heterocycles. The molecule has 0 unspecified atom stereocenters. The summed E-state index contributed by atoms with van der Waals surface area (Å²) in [5.74, 6) is -1.87. The fourth-order valence-electron chi connectivity index (χ4n) is 6.89. The van der Waals surface area contributed by atoms with Crippen LogP contribution < -0.4 is 52.6 Å². The van der Waals surface area contributed by atoms with Gasteiger partial charge in [-0.2, -0.15) is 16.3 Å². The molecule has 3 atom stereocenters. The lowest BCUT2D eigenvalue weighted by Gasteiger charge is -2.16. The molecule has 0 bridgehead atoms. The van der Waals surface area contributed by atoms with Gasteiger partial charge in [0.25, 0.3) is 11.5 Å². The van der Waals surface area contributed by atoms with Crippen molar-refractivity contribution in [3.05, 3.63) is 73.4 Å². The van der Waals surface area contributed by atoms with Gasteiger partial charge in [-0.15, -0.1) is 11.3 Å². The minimum absolute atomic E-state index is 0. The molecule has 3 aromatic rings. The molecule has 3 aliphatic rings. The molecule has 2 aromatic heterocycles. The number of aryl methyl sites for hydroxylation is 1. The highest BCUT2D eigenvalue weighted by Crippen LogP contribution is 2.47. The molecule has 2 fully saturated rings. The minimum Gasteiger partial charge on any atom is -1.00 e. The Morgan fingerprint density at radius 3 is 2.69 bits per heavy atom. The molecular formula is C37H47ClF2N6O3S3. The largest absolute Gasteiger partial charge is 1.00 e. The molecule has 9 nitrogen and oxygen atoms in total. The number of thioether (sulfide) groups is 2. The van der Waals surface area contributed by atoms with Gasteiger partial charge in [0.2, 0.25) is 11.6 Å². The Morgan fingerprint density at radius 2 is 1.90 bits per heavy atom. The number of nitrogens with zero attached hydrogens (tertiary/aromatic N) is 3. The van der Waals surface area contributed by atoms with Gasteiger partial charge >= 0.3 is 6.03 Å². The summed E-state index contributed by atoms with van der Waals surface area (Å²) in [4.78, 5) is 40.2. The molecule has 0 radical (unpaired) electrons. The van der Waals surface area contributed by atoms with E-state index in [4.69, 9.17) is 0 Å². The molecular weight excluding hydrogens is 746 g/mol. The zero-order valence-electron chi connectivity index (χ0n) is 29.8. The van der Waals surface area contributed by atoms with Crippen molar-refractivity contribution in [3.63, 3.8) is 0 Å². The Kier molecular flexibility index (Phi) is 13.8. The molecule has 1 aromatic carbocycles. The molecule has 3 amide bonds. The van der Waals surface area contributed by atoms with Crippen LogP contribution >= 0.6 is 34.9 Å². The van der Waals surface area contributed by atoms with Crippen LogP contribution in [0, 0.1) is 0 Å². The maximum absolute atomic E-state index is 14.0. The predicted octanol–water partition coefficient (Wildman–Crippen LogP) is 1.87. The first-order chi connectivity index (χ1) is 24.5. The number of thiazole rings is 1. The second kappa shape index (κ2) is 17.8. The van der Waals surface area contributed by atoms with Crippen molar-refractivity contribution in [2.75, 3.05) is 24.2 Å². The first kappa shape index (κ1) is 40.1. The van der Waals surface area contributed by atoms with Crippen LogP contribution in [0.2, 0.25) is 0 Å². The van der Waals surface area contributed by atoms with E-state index in [0.717, 1.165) is 84.4 Å². The first-order valence-corrected chi connectivity index (χ1v) is 20.5. The Hall–Kier alpha value is -3.07. The van der Waals surface area contributed by atoms with E-state index in [-0.39, 0.29) is 47.6 Å². The molecule has 282 valence electrons. The molecule has 0 saturated carbocycles. The highest BCUT2D eigenvalue weighted by molar-refractivity contribution is 8.08. The second-order valence-corrected chi connectivity index (χ2v) is 16.8. The van der Waals surface area contributed by atoms with Crippen molar-refractivity contribution >= 4 is 63.6 Å². The van der Waals surface area contributed by atoms with Gasteiger partial charge in [0.1, 0.15) is 20.8 Å². The predicted molar refractivity (Wildman–Crippen MR) is 203 cm³/mol. The quantitative estimate of drug-likeness (QED) is 0.124. The fourth-order valence-corrected chi connectivity index (χ4v) is 10.9. The van der Waals surface area contributed by atoms with E-state index in [1.165, 1.54) is 35.2 Å². The number of halogens is 3. The molecule has 52 heavy (non-hydrogen) atoms. The highest BCUT2D eigenvalue weighted by atomic mass is 35.5. The topological polar surface area (TPSA) is 99.3 Å². The summed E-state index contributed by atoms with van der Waals surface area (Å²) in [5, 5.41) is 10.3. The van der Waals surface area contributed by atoms with Crippen LogP contribution in [0.4, 0.5) is 19.3 Å². The van der Waals surface area contributed by atoms with Crippen LogP contribution in [0.1, 0.15) is 76.5 Å². The van der Waals surface area contributed by atoms with Crippen molar-refractivity contribution in [1.29, 1.82) is 0 Å².